The average Bonchev–Trinajstić information content (AvgIpc) is 2.48. The predicted octanol–water partition coefficient (Wildman–Crippen LogP) is 2.13. The van der Waals surface area contributed by atoms with Crippen molar-refractivity contribution in [1.82, 2.24) is 20.3 Å². The van der Waals surface area contributed by atoms with Gasteiger partial charge in [-0.05, 0) is 48.0 Å². The number of hydrogen-bond donors (Lipinski definition) is 3. The normalized spacial score (nSPS) is 12.9. The van der Waals surface area contributed by atoms with E-state index < -0.39 is 27.3 Å². The second-order valence-electron chi connectivity index (χ2n) is 8.24. The lowest BCUT2D eigenvalue weighted by Crippen LogP contribution is -2.49. The third-order valence-electron chi connectivity index (χ3n) is 3.51. The first-order valence-corrected chi connectivity index (χ1v) is 11.5. The molecule has 29 heavy (non-hydrogen) atoms. The van der Waals surface area contributed by atoms with Crippen LogP contribution in [0.2, 0.25) is 0 Å². The van der Waals surface area contributed by atoms with E-state index in [1.54, 1.807) is 0 Å². The first-order valence-electron chi connectivity index (χ1n) is 9.68. The van der Waals surface area contributed by atoms with E-state index in [4.69, 9.17) is 4.74 Å². The summed E-state index contributed by atoms with van der Waals surface area (Å²) in [4.78, 5) is 16.5. The van der Waals surface area contributed by atoms with Crippen molar-refractivity contribution >= 4 is 46.1 Å². The maximum Gasteiger partial charge on any atom is 0.408 e. The Hall–Kier alpha value is -0.820. The Kier molecular flexibility index (Phi) is 14.1. The molecule has 0 radical (unpaired) electrons. The van der Waals surface area contributed by atoms with Gasteiger partial charge in [0.25, 0.3) is 0 Å². The van der Waals surface area contributed by atoms with Crippen molar-refractivity contribution < 1.29 is 17.9 Å². The van der Waals surface area contributed by atoms with Crippen LogP contribution in [0.1, 0.15) is 54.9 Å². The summed E-state index contributed by atoms with van der Waals surface area (Å²) >= 11 is 0. The fourth-order valence-electron chi connectivity index (χ4n) is 2.26. The Morgan fingerprint density at radius 2 is 1.69 bits per heavy atom. The van der Waals surface area contributed by atoms with E-state index in [1.165, 1.54) is 10.6 Å². The quantitative estimate of drug-likeness (QED) is 0.167. The van der Waals surface area contributed by atoms with Gasteiger partial charge in [-0.3, -0.25) is 4.99 Å². The van der Waals surface area contributed by atoms with Crippen molar-refractivity contribution in [3.05, 3.63) is 0 Å². The number of amides is 1. The molecule has 3 N–H and O–H groups in total. The zero-order valence-corrected chi connectivity index (χ0v) is 22.2. The first-order chi connectivity index (χ1) is 12.7. The third kappa shape index (κ3) is 15.7. The molecule has 11 heteroatoms. The summed E-state index contributed by atoms with van der Waals surface area (Å²) in [6.45, 7) is 15.5. The van der Waals surface area contributed by atoms with Gasteiger partial charge in [-0.15, -0.1) is 24.0 Å². The van der Waals surface area contributed by atoms with E-state index in [2.05, 4.69) is 20.9 Å². The van der Waals surface area contributed by atoms with E-state index in [1.807, 2.05) is 48.5 Å². The maximum atomic E-state index is 12.0. The smallest absolute Gasteiger partial charge is 0.408 e. The number of rotatable bonds is 10. The van der Waals surface area contributed by atoms with E-state index in [-0.39, 0.29) is 24.0 Å². The van der Waals surface area contributed by atoms with Crippen LogP contribution in [0.25, 0.3) is 0 Å². The van der Waals surface area contributed by atoms with Gasteiger partial charge >= 0.3 is 6.09 Å². The molecular formula is C18H40IN5O4S. The number of guanidine groups is 1. The van der Waals surface area contributed by atoms with Crippen molar-refractivity contribution in [2.75, 3.05) is 39.0 Å². The Balaban J connectivity index is 0. The lowest BCUT2D eigenvalue weighted by atomic mass is 10.1. The minimum atomic E-state index is -3.17. The Morgan fingerprint density at radius 1 is 1.10 bits per heavy atom. The highest BCUT2D eigenvalue weighted by molar-refractivity contribution is 14.0. The molecule has 0 aliphatic heterocycles. The van der Waals surface area contributed by atoms with Gasteiger partial charge in [-0.25, -0.2) is 17.5 Å². The summed E-state index contributed by atoms with van der Waals surface area (Å²) < 4.78 is 29.9. The van der Waals surface area contributed by atoms with Gasteiger partial charge in [0.1, 0.15) is 5.60 Å². The SMILES string of the molecule is CCNC(=NCC(C)(C)NC(=O)OC(C)(C)C)NCCCN(CC)S(C)(=O)=O.I. The van der Waals surface area contributed by atoms with Crippen LogP contribution in [0, 0.1) is 0 Å². The van der Waals surface area contributed by atoms with Crippen LogP contribution < -0.4 is 16.0 Å². The number of carbonyl (C=O) groups excluding carboxylic acids is 1. The molecule has 9 nitrogen and oxygen atoms in total. The molecule has 0 unspecified atom stereocenters. The van der Waals surface area contributed by atoms with Crippen LogP contribution in [0.4, 0.5) is 4.79 Å². The highest BCUT2D eigenvalue weighted by Crippen LogP contribution is 2.09. The molecule has 0 aliphatic rings. The van der Waals surface area contributed by atoms with Crippen molar-refractivity contribution in [2.45, 2.75) is 66.0 Å². The molecule has 0 fully saturated rings. The monoisotopic (exact) mass is 549 g/mol. The van der Waals surface area contributed by atoms with Gasteiger partial charge in [0.15, 0.2) is 5.96 Å². The zero-order chi connectivity index (χ0) is 22.0. The second-order valence-corrected chi connectivity index (χ2v) is 10.2. The minimum Gasteiger partial charge on any atom is -0.444 e. The molecule has 0 aliphatic carbocycles. The van der Waals surface area contributed by atoms with Crippen LogP contribution in [-0.4, -0.2) is 74.9 Å². The number of ether oxygens (including phenoxy) is 1. The predicted molar refractivity (Wildman–Crippen MR) is 130 cm³/mol. The molecule has 0 saturated carbocycles. The summed E-state index contributed by atoms with van der Waals surface area (Å²) in [5.74, 6) is 0.615. The molecule has 0 heterocycles. The summed E-state index contributed by atoms with van der Waals surface area (Å²) in [7, 11) is -3.17. The molecule has 0 spiro atoms. The summed E-state index contributed by atoms with van der Waals surface area (Å²) in [5, 5.41) is 9.15. The Bertz CT molecular complexity index is 618. The molecular weight excluding hydrogens is 509 g/mol. The molecule has 1 amide bonds. The average molecular weight is 550 g/mol. The molecule has 0 rings (SSSR count). The fraction of sp³-hybridized carbons (Fsp3) is 0.889. The molecule has 174 valence electrons. The van der Waals surface area contributed by atoms with Crippen molar-refractivity contribution in [3.63, 3.8) is 0 Å². The number of hydrogen-bond acceptors (Lipinski definition) is 5. The number of alkyl carbamates (subject to hydrolysis) is 1. The summed E-state index contributed by atoms with van der Waals surface area (Å²) in [5.41, 5.74) is -1.14. The lowest BCUT2D eigenvalue weighted by Gasteiger charge is -2.27. The van der Waals surface area contributed by atoms with Crippen LogP contribution >= 0.6 is 24.0 Å². The molecule has 0 aromatic heterocycles. The van der Waals surface area contributed by atoms with Gasteiger partial charge in [-0.1, -0.05) is 6.92 Å². The largest absolute Gasteiger partial charge is 0.444 e. The lowest BCUT2D eigenvalue weighted by molar-refractivity contribution is 0.0476. The number of nitrogens with zero attached hydrogens (tertiary/aromatic N) is 2. The zero-order valence-electron chi connectivity index (χ0n) is 19.1. The minimum absolute atomic E-state index is 0. The highest BCUT2D eigenvalue weighted by Gasteiger charge is 2.24. The Labute approximate surface area is 193 Å². The van der Waals surface area contributed by atoms with Gasteiger partial charge in [0, 0.05) is 26.2 Å². The van der Waals surface area contributed by atoms with Gasteiger partial charge < -0.3 is 20.7 Å². The number of sulfonamides is 1. The number of aliphatic imine (C=N–C) groups is 1. The van der Waals surface area contributed by atoms with Crippen molar-refractivity contribution in [2.24, 2.45) is 4.99 Å². The van der Waals surface area contributed by atoms with Crippen LogP contribution in [-0.2, 0) is 14.8 Å². The number of halogens is 1. The van der Waals surface area contributed by atoms with Gasteiger partial charge in [0.2, 0.25) is 10.0 Å². The van der Waals surface area contributed by atoms with E-state index in [9.17, 15) is 13.2 Å². The number of carbonyl (C=O) groups is 1. The van der Waals surface area contributed by atoms with E-state index in [0.29, 0.717) is 45.1 Å². The van der Waals surface area contributed by atoms with E-state index >= 15 is 0 Å². The topological polar surface area (TPSA) is 112 Å². The van der Waals surface area contributed by atoms with E-state index in [0.717, 1.165) is 0 Å². The molecule has 0 aromatic rings. The van der Waals surface area contributed by atoms with Crippen LogP contribution in [0.3, 0.4) is 0 Å². The first kappa shape index (κ1) is 30.4. The van der Waals surface area contributed by atoms with Crippen molar-refractivity contribution in [1.29, 1.82) is 0 Å². The summed E-state index contributed by atoms with van der Waals surface area (Å²) in [6, 6.07) is 0. The highest BCUT2D eigenvalue weighted by atomic mass is 127. The second kappa shape index (κ2) is 13.5. The molecule has 0 aromatic carbocycles. The standard InChI is InChI=1S/C18H39N5O4S.HI/c1-9-19-15(20-12-11-13-23(10-2)28(8,25)26)21-14-18(6,7)22-16(24)27-17(3,4)5;/h9-14H2,1-8H3,(H,22,24)(H2,19,20,21);1H. The van der Waals surface area contributed by atoms with Gasteiger partial charge in [-0.2, -0.15) is 0 Å². The fourth-order valence-corrected chi connectivity index (χ4v) is 3.19. The van der Waals surface area contributed by atoms with Gasteiger partial charge in [0.05, 0.1) is 18.3 Å². The van der Waals surface area contributed by atoms with Crippen LogP contribution in [0.15, 0.2) is 4.99 Å². The Morgan fingerprint density at radius 3 is 2.14 bits per heavy atom. The molecule has 0 bridgehead atoms. The van der Waals surface area contributed by atoms with Crippen LogP contribution in [0.5, 0.6) is 0 Å². The van der Waals surface area contributed by atoms with Crippen molar-refractivity contribution in [3.8, 4) is 0 Å². The molecule has 0 saturated heterocycles. The summed E-state index contributed by atoms with van der Waals surface area (Å²) in [6.07, 6.45) is 1.39. The third-order valence-corrected chi connectivity index (χ3v) is 4.89. The number of nitrogens with one attached hydrogen (secondary N) is 3. The maximum absolute atomic E-state index is 12.0. The molecule has 0 atom stereocenters.